The van der Waals surface area contributed by atoms with Gasteiger partial charge in [0.25, 0.3) is 5.95 Å². The number of aromatic nitrogens is 4. The van der Waals surface area contributed by atoms with E-state index >= 15 is 0 Å². The molecule has 0 saturated heterocycles. The Morgan fingerprint density at radius 3 is 2.57 bits per heavy atom. The molecule has 1 N–H and O–H groups in total. The number of rotatable bonds is 4. The Hall–Kier alpha value is -3.09. The maximum Gasteiger partial charge on any atom is 0.268 e. The van der Waals surface area contributed by atoms with Crippen LogP contribution in [0.5, 0.6) is 0 Å². The number of hydrogen-bond acceptors (Lipinski definition) is 5. The van der Waals surface area contributed by atoms with Crippen molar-refractivity contribution in [2.24, 2.45) is 5.10 Å². The van der Waals surface area contributed by atoms with Gasteiger partial charge in [0.1, 0.15) is 5.82 Å². The zero-order valence-corrected chi connectivity index (χ0v) is 10.9. The highest BCUT2D eigenvalue weighted by Crippen LogP contribution is 2.10. The smallest absolute Gasteiger partial charge is 0.244 e. The molecular formula is C14H11FN6. The lowest BCUT2D eigenvalue weighted by Crippen LogP contribution is -2.03. The molecule has 0 aliphatic rings. The van der Waals surface area contributed by atoms with Crippen LogP contribution in [-0.2, 0) is 0 Å². The van der Waals surface area contributed by atoms with Crippen molar-refractivity contribution >= 4 is 12.2 Å². The monoisotopic (exact) mass is 282 g/mol. The van der Waals surface area contributed by atoms with E-state index in [9.17, 15) is 4.39 Å². The average molecular weight is 282 g/mol. The quantitative estimate of drug-likeness (QED) is 0.588. The molecule has 21 heavy (non-hydrogen) atoms. The van der Waals surface area contributed by atoms with E-state index in [0.717, 1.165) is 11.3 Å². The summed E-state index contributed by atoms with van der Waals surface area (Å²) in [5, 5.41) is 15.4. The second-order valence-corrected chi connectivity index (χ2v) is 4.17. The van der Waals surface area contributed by atoms with Crippen molar-refractivity contribution in [3.8, 4) is 5.69 Å². The highest BCUT2D eigenvalue weighted by atomic mass is 19.1. The van der Waals surface area contributed by atoms with Crippen molar-refractivity contribution in [3.63, 3.8) is 0 Å². The Labute approximate surface area is 119 Å². The van der Waals surface area contributed by atoms with Crippen molar-refractivity contribution in [2.75, 3.05) is 5.43 Å². The molecule has 1 aromatic heterocycles. The van der Waals surface area contributed by atoms with Crippen molar-refractivity contribution < 1.29 is 4.39 Å². The number of benzene rings is 2. The van der Waals surface area contributed by atoms with Gasteiger partial charge in [-0.05, 0) is 40.3 Å². The molecule has 0 spiro atoms. The fourth-order valence-electron chi connectivity index (χ4n) is 1.71. The van der Waals surface area contributed by atoms with Crippen molar-refractivity contribution in [2.45, 2.75) is 0 Å². The van der Waals surface area contributed by atoms with Gasteiger partial charge in [-0.2, -0.15) is 9.78 Å². The lowest BCUT2D eigenvalue weighted by molar-refractivity contribution is 0.628. The normalized spacial score (nSPS) is 10.9. The summed E-state index contributed by atoms with van der Waals surface area (Å²) in [6.07, 6.45) is 1.56. The Kier molecular flexibility index (Phi) is 3.64. The molecule has 7 heteroatoms. The first-order chi connectivity index (χ1) is 10.3. The van der Waals surface area contributed by atoms with Crippen LogP contribution in [0.25, 0.3) is 5.69 Å². The third kappa shape index (κ3) is 3.08. The molecule has 0 bridgehead atoms. The van der Waals surface area contributed by atoms with Crippen molar-refractivity contribution in [1.82, 2.24) is 20.2 Å². The first-order valence-electron chi connectivity index (χ1n) is 6.21. The van der Waals surface area contributed by atoms with Gasteiger partial charge in [-0.1, -0.05) is 35.4 Å². The van der Waals surface area contributed by atoms with E-state index in [2.05, 4.69) is 26.1 Å². The fourth-order valence-corrected chi connectivity index (χ4v) is 1.71. The van der Waals surface area contributed by atoms with Gasteiger partial charge in [-0.25, -0.2) is 9.82 Å². The summed E-state index contributed by atoms with van der Waals surface area (Å²) in [5.41, 5.74) is 4.34. The van der Waals surface area contributed by atoms with Crippen molar-refractivity contribution in [1.29, 1.82) is 0 Å². The van der Waals surface area contributed by atoms with E-state index in [1.165, 1.54) is 16.8 Å². The van der Waals surface area contributed by atoms with E-state index in [0.29, 0.717) is 5.95 Å². The van der Waals surface area contributed by atoms with Gasteiger partial charge in [0.2, 0.25) is 0 Å². The lowest BCUT2D eigenvalue weighted by Gasteiger charge is -2.02. The second kappa shape index (κ2) is 5.91. The minimum Gasteiger partial charge on any atom is -0.244 e. The largest absolute Gasteiger partial charge is 0.268 e. The van der Waals surface area contributed by atoms with E-state index in [4.69, 9.17) is 0 Å². The number of hydrogen-bond donors (Lipinski definition) is 1. The molecule has 0 unspecified atom stereocenters. The summed E-state index contributed by atoms with van der Waals surface area (Å²) in [5.74, 6) is 0.104. The summed E-state index contributed by atoms with van der Waals surface area (Å²) >= 11 is 0. The summed E-state index contributed by atoms with van der Waals surface area (Å²) < 4.78 is 14.3. The van der Waals surface area contributed by atoms with Crippen LogP contribution in [0.2, 0.25) is 0 Å². The first kappa shape index (κ1) is 12.9. The van der Waals surface area contributed by atoms with E-state index in [1.807, 2.05) is 30.3 Å². The molecule has 6 nitrogen and oxygen atoms in total. The van der Waals surface area contributed by atoms with Gasteiger partial charge in [0, 0.05) is 0 Å². The predicted octanol–water partition coefficient (Wildman–Crippen LogP) is 2.25. The summed E-state index contributed by atoms with van der Waals surface area (Å²) in [7, 11) is 0. The predicted molar refractivity (Wildman–Crippen MR) is 76.8 cm³/mol. The average Bonchev–Trinajstić information content (AvgIpc) is 2.99. The molecule has 0 fully saturated rings. The molecule has 3 rings (SSSR count). The van der Waals surface area contributed by atoms with Crippen LogP contribution in [0.3, 0.4) is 0 Å². The van der Waals surface area contributed by atoms with Crippen LogP contribution in [0.15, 0.2) is 59.7 Å². The topological polar surface area (TPSA) is 68.0 Å². The molecule has 0 amide bonds. The van der Waals surface area contributed by atoms with Crippen LogP contribution >= 0.6 is 0 Å². The number of nitrogens with zero attached hydrogens (tertiary/aromatic N) is 5. The third-order valence-electron chi connectivity index (χ3n) is 2.72. The molecule has 2 aromatic carbocycles. The van der Waals surface area contributed by atoms with Gasteiger partial charge in [0.05, 0.1) is 11.9 Å². The van der Waals surface area contributed by atoms with Crippen LogP contribution < -0.4 is 5.43 Å². The number of para-hydroxylation sites is 1. The van der Waals surface area contributed by atoms with Gasteiger partial charge in [0.15, 0.2) is 0 Å². The zero-order valence-electron chi connectivity index (χ0n) is 10.9. The molecule has 0 aliphatic carbocycles. The van der Waals surface area contributed by atoms with Gasteiger partial charge in [-0.15, -0.1) is 0 Å². The van der Waals surface area contributed by atoms with Crippen LogP contribution in [0, 0.1) is 5.82 Å². The first-order valence-corrected chi connectivity index (χ1v) is 6.21. The second-order valence-electron chi connectivity index (χ2n) is 4.17. The number of hydrazone groups is 1. The maximum absolute atomic E-state index is 12.8. The van der Waals surface area contributed by atoms with E-state index in [-0.39, 0.29) is 5.82 Å². The van der Waals surface area contributed by atoms with Gasteiger partial charge >= 0.3 is 0 Å². The Bertz CT molecular complexity index is 736. The highest BCUT2D eigenvalue weighted by molar-refractivity contribution is 5.79. The Morgan fingerprint density at radius 2 is 1.81 bits per heavy atom. The standard InChI is InChI=1S/C14H11FN6/c15-12-8-6-11(7-9-12)10-16-17-14-18-19-20-21(14)13-4-2-1-3-5-13/h1-10H,(H,17,18,20)/b16-10+. The lowest BCUT2D eigenvalue weighted by atomic mass is 10.2. The van der Waals surface area contributed by atoms with Crippen LogP contribution in [0.1, 0.15) is 5.56 Å². The van der Waals surface area contributed by atoms with Crippen LogP contribution in [0.4, 0.5) is 10.3 Å². The fraction of sp³-hybridized carbons (Fsp3) is 0. The summed E-state index contributed by atoms with van der Waals surface area (Å²) in [6.45, 7) is 0. The van der Waals surface area contributed by atoms with E-state index in [1.54, 1.807) is 18.3 Å². The van der Waals surface area contributed by atoms with Gasteiger partial charge in [-0.3, -0.25) is 0 Å². The molecular weight excluding hydrogens is 271 g/mol. The van der Waals surface area contributed by atoms with E-state index < -0.39 is 0 Å². The SMILES string of the molecule is Fc1ccc(/C=N/Nc2nnnn2-c2ccccc2)cc1. The number of nitrogens with one attached hydrogen (secondary N) is 1. The molecule has 1 heterocycles. The van der Waals surface area contributed by atoms with Gasteiger partial charge < -0.3 is 0 Å². The van der Waals surface area contributed by atoms with Crippen molar-refractivity contribution in [3.05, 3.63) is 66.0 Å². The molecule has 0 saturated carbocycles. The molecule has 0 radical (unpaired) electrons. The minimum atomic E-state index is -0.284. The molecule has 0 aliphatic heterocycles. The summed E-state index contributed by atoms with van der Waals surface area (Å²) in [6, 6.07) is 15.4. The zero-order chi connectivity index (χ0) is 14.5. The minimum absolute atomic E-state index is 0.284. The maximum atomic E-state index is 12.8. The molecule has 0 atom stereocenters. The summed E-state index contributed by atoms with van der Waals surface area (Å²) in [4.78, 5) is 0. The molecule has 3 aromatic rings. The number of anilines is 1. The highest BCUT2D eigenvalue weighted by Gasteiger charge is 2.05. The number of tetrazole rings is 1. The van der Waals surface area contributed by atoms with Crippen LogP contribution in [-0.4, -0.2) is 26.4 Å². The number of halogens is 1. The Morgan fingerprint density at radius 1 is 1.05 bits per heavy atom. The Balaban J connectivity index is 1.75. The third-order valence-corrected chi connectivity index (χ3v) is 2.72. The molecule has 104 valence electrons.